The molecule has 0 aliphatic heterocycles. The van der Waals surface area contributed by atoms with Crippen molar-refractivity contribution < 1.29 is 24.1 Å². The second kappa shape index (κ2) is 11.9. The molecule has 174 valence electrons. The van der Waals surface area contributed by atoms with Crippen molar-refractivity contribution in [2.45, 2.75) is 76.9 Å². The van der Waals surface area contributed by atoms with Gasteiger partial charge in [0.15, 0.2) is 0 Å². The molecule has 32 heavy (non-hydrogen) atoms. The number of benzene rings is 2. The monoisotopic (exact) mass is 440 g/mol. The summed E-state index contributed by atoms with van der Waals surface area (Å²) in [5.74, 6) is 0.897. The molecule has 1 N–H and O–H groups in total. The van der Waals surface area contributed by atoms with Gasteiger partial charge in [0.1, 0.15) is 11.9 Å². The highest BCUT2D eigenvalue weighted by molar-refractivity contribution is 5.64. The van der Waals surface area contributed by atoms with Gasteiger partial charge in [-0.1, -0.05) is 63.1 Å². The molecule has 0 bridgehead atoms. The van der Waals surface area contributed by atoms with Crippen LogP contribution in [-0.4, -0.2) is 30.6 Å². The van der Waals surface area contributed by atoms with E-state index in [4.69, 9.17) is 14.2 Å². The zero-order chi connectivity index (χ0) is 22.8. The Morgan fingerprint density at radius 2 is 1.53 bits per heavy atom. The van der Waals surface area contributed by atoms with Crippen molar-refractivity contribution in [3.05, 3.63) is 54.1 Å². The second-order valence-corrected chi connectivity index (χ2v) is 8.60. The SMILES string of the molecule is CCCCCOc1ccc(-c2ccc(C3(O)CCC(OC(=O)OCCC)CC3)cc2)cc1. The topological polar surface area (TPSA) is 65.0 Å². The van der Waals surface area contributed by atoms with E-state index in [1.165, 1.54) is 12.8 Å². The van der Waals surface area contributed by atoms with E-state index >= 15 is 0 Å². The normalized spacial score (nSPS) is 20.5. The Labute approximate surface area is 191 Å². The first-order valence-electron chi connectivity index (χ1n) is 11.9. The largest absolute Gasteiger partial charge is 0.508 e. The van der Waals surface area contributed by atoms with Crippen LogP contribution in [0.4, 0.5) is 4.79 Å². The van der Waals surface area contributed by atoms with Crippen LogP contribution < -0.4 is 4.74 Å². The van der Waals surface area contributed by atoms with Gasteiger partial charge in [-0.2, -0.15) is 0 Å². The highest BCUT2D eigenvalue weighted by Gasteiger charge is 2.36. The zero-order valence-corrected chi connectivity index (χ0v) is 19.3. The predicted molar refractivity (Wildman–Crippen MR) is 126 cm³/mol. The molecule has 5 nitrogen and oxygen atoms in total. The van der Waals surface area contributed by atoms with E-state index in [0.717, 1.165) is 41.9 Å². The van der Waals surface area contributed by atoms with Gasteiger partial charge in [0.05, 0.1) is 18.8 Å². The van der Waals surface area contributed by atoms with Crippen LogP contribution in [0.2, 0.25) is 0 Å². The summed E-state index contributed by atoms with van der Waals surface area (Å²) in [5, 5.41) is 11.2. The molecule has 0 spiro atoms. The third-order valence-corrected chi connectivity index (χ3v) is 6.07. The van der Waals surface area contributed by atoms with E-state index in [1.807, 2.05) is 31.2 Å². The first-order valence-corrected chi connectivity index (χ1v) is 11.9. The molecule has 0 atom stereocenters. The lowest BCUT2D eigenvalue weighted by molar-refractivity contribution is -0.0536. The summed E-state index contributed by atoms with van der Waals surface area (Å²) in [6, 6.07) is 16.3. The molecule has 0 saturated heterocycles. The molecular weight excluding hydrogens is 404 g/mol. The molecule has 0 aromatic heterocycles. The lowest BCUT2D eigenvalue weighted by Gasteiger charge is -2.36. The smallest absolute Gasteiger partial charge is 0.494 e. The predicted octanol–water partition coefficient (Wildman–Crippen LogP) is 6.62. The van der Waals surface area contributed by atoms with Gasteiger partial charge in [-0.3, -0.25) is 0 Å². The van der Waals surface area contributed by atoms with Gasteiger partial charge >= 0.3 is 6.16 Å². The average Bonchev–Trinajstić information content (AvgIpc) is 2.83. The van der Waals surface area contributed by atoms with E-state index in [-0.39, 0.29) is 6.10 Å². The van der Waals surface area contributed by atoms with Crippen molar-refractivity contribution in [1.82, 2.24) is 0 Å². The van der Waals surface area contributed by atoms with Crippen LogP contribution in [0.15, 0.2) is 48.5 Å². The number of carbonyl (C=O) groups excluding carboxylic acids is 1. The van der Waals surface area contributed by atoms with E-state index in [2.05, 4.69) is 31.2 Å². The summed E-state index contributed by atoms with van der Waals surface area (Å²) >= 11 is 0. The molecule has 1 aliphatic carbocycles. The zero-order valence-electron chi connectivity index (χ0n) is 19.3. The van der Waals surface area contributed by atoms with E-state index in [1.54, 1.807) is 0 Å². The van der Waals surface area contributed by atoms with Crippen molar-refractivity contribution in [3.8, 4) is 16.9 Å². The van der Waals surface area contributed by atoms with Crippen molar-refractivity contribution in [2.24, 2.45) is 0 Å². The minimum absolute atomic E-state index is 0.193. The fourth-order valence-electron chi connectivity index (χ4n) is 4.09. The van der Waals surface area contributed by atoms with Crippen molar-refractivity contribution in [2.75, 3.05) is 13.2 Å². The van der Waals surface area contributed by atoms with E-state index in [0.29, 0.717) is 32.3 Å². The van der Waals surface area contributed by atoms with Gasteiger partial charge in [-0.05, 0) is 67.3 Å². The van der Waals surface area contributed by atoms with Gasteiger partial charge in [0, 0.05) is 0 Å². The summed E-state index contributed by atoms with van der Waals surface area (Å²) in [4.78, 5) is 11.7. The molecule has 1 saturated carbocycles. The summed E-state index contributed by atoms with van der Waals surface area (Å²) in [7, 11) is 0. The molecule has 2 aromatic rings. The van der Waals surface area contributed by atoms with Gasteiger partial charge in [0.25, 0.3) is 0 Å². The standard InChI is InChI=1S/C27H36O5/c1-3-5-6-20-30-24-13-9-22(10-14-24)21-7-11-23(12-8-21)27(29)17-15-25(16-18-27)32-26(28)31-19-4-2/h7-14,25,29H,3-6,15-20H2,1-2H3. The van der Waals surface area contributed by atoms with Crippen LogP contribution >= 0.6 is 0 Å². The third kappa shape index (κ3) is 6.73. The Kier molecular flexibility index (Phi) is 8.98. The number of aliphatic hydroxyl groups is 1. The minimum Gasteiger partial charge on any atom is -0.494 e. The van der Waals surface area contributed by atoms with Gasteiger partial charge in [0.2, 0.25) is 0 Å². The maximum Gasteiger partial charge on any atom is 0.508 e. The van der Waals surface area contributed by atoms with Crippen LogP contribution in [0.25, 0.3) is 11.1 Å². The first-order chi connectivity index (χ1) is 15.5. The molecule has 0 heterocycles. The number of hydrogen-bond acceptors (Lipinski definition) is 5. The lowest BCUT2D eigenvalue weighted by atomic mass is 9.78. The van der Waals surface area contributed by atoms with Crippen LogP contribution in [0.1, 0.15) is 70.8 Å². The Balaban J connectivity index is 1.53. The maximum absolute atomic E-state index is 11.7. The first kappa shape index (κ1) is 24.1. The van der Waals surface area contributed by atoms with Gasteiger partial charge in [-0.25, -0.2) is 4.79 Å². The van der Waals surface area contributed by atoms with Crippen LogP contribution in [-0.2, 0) is 15.1 Å². The summed E-state index contributed by atoms with van der Waals surface area (Å²) in [5.41, 5.74) is 2.24. The average molecular weight is 441 g/mol. The number of hydrogen-bond donors (Lipinski definition) is 1. The van der Waals surface area contributed by atoms with Crippen LogP contribution in [0, 0.1) is 0 Å². The van der Waals surface area contributed by atoms with Crippen LogP contribution in [0.3, 0.4) is 0 Å². The quantitative estimate of drug-likeness (QED) is 0.332. The third-order valence-electron chi connectivity index (χ3n) is 6.07. The molecule has 0 unspecified atom stereocenters. The highest BCUT2D eigenvalue weighted by Crippen LogP contribution is 2.38. The maximum atomic E-state index is 11.7. The van der Waals surface area contributed by atoms with Crippen LogP contribution in [0.5, 0.6) is 5.75 Å². The molecule has 3 rings (SSSR count). The fourth-order valence-corrected chi connectivity index (χ4v) is 4.09. The second-order valence-electron chi connectivity index (χ2n) is 8.60. The number of unbranched alkanes of at least 4 members (excludes halogenated alkanes) is 2. The Hall–Kier alpha value is -2.53. The molecule has 0 radical (unpaired) electrons. The Bertz CT molecular complexity index is 820. The summed E-state index contributed by atoms with van der Waals surface area (Å²) < 4.78 is 16.1. The van der Waals surface area contributed by atoms with Crippen molar-refractivity contribution >= 4 is 6.16 Å². The molecule has 2 aromatic carbocycles. The highest BCUT2D eigenvalue weighted by atomic mass is 16.7. The summed E-state index contributed by atoms with van der Waals surface area (Å²) in [6.07, 6.45) is 5.80. The summed E-state index contributed by atoms with van der Waals surface area (Å²) in [6.45, 7) is 5.26. The van der Waals surface area contributed by atoms with E-state index in [9.17, 15) is 9.90 Å². The van der Waals surface area contributed by atoms with Gasteiger partial charge < -0.3 is 19.3 Å². The van der Waals surface area contributed by atoms with Gasteiger partial charge in [-0.15, -0.1) is 0 Å². The minimum atomic E-state index is -0.887. The molecular formula is C27H36O5. The molecule has 0 amide bonds. The lowest BCUT2D eigenvalue weighted by Crippen LogP contribution is -2.35. The van der Waals surface area contributed by atoms with E-state index < -0.39 is 11.8 Å². The number of rotatable bonds is 10. The van der Waals surface area contributed by atoms with Crippen molar-refractivity contribution in [3.63, 3.8) is 0 Å². The Morgan fingerprint density at radius 1 is 0.906 bits per heavy atom. The molecule has 1 aliphatic rings. The molecule has 5 heteroatoms. The number of carbonyl (C=O) groups is 1. The molecule has 1 fully saturated rings. The number of ether oxygens (including phenoxy) is 3. The van der Waals surface area contributed by atoms with Crippen molar-refractivity contribution in [1.29, 1.82) is 0 Å². The fraction of sp³-hybridized carbons (Fsp3) is 0.519. The Morgan fingerprint density at radius 3 is 2.12 bits per heavy atom.